The third-order valence-corrected chi connectivity index (χ3v) is 2.59. The Labute approximate surface area is 87.5 Å². The second-order valence-electron chi connectivity index (χ2n) is 2.50. The minimum atomic E-state index is -4.29. The Kier molecular flexibility index (Phi) is 3.15. The van der Waals surface area contributed by atoms with Crippen LogP contribution in [0.25, 0.3) is 0 Å². The van der Waals surface area contributed by atoms with Crippen molar-refractivity contribution in [1.29, 1.82) is 0 Å². The summed E-state index contributed by atoms with van der Waals surface area (Å²) in [5, 5.41) is 0. The van der Waals surface area contributed by atoms with Gasteiger partial charge in [0.15, 0.2) is 0 Å². The van der Waals surface area contributed by atoms with Crippen LogP contribution in [0.4, 0.5) is 13.2 Å². The number of aromatic nitrogens is 1. The van der Waals surface area contributed by atoms with Gasteiger partial charge in [-0.05, 0) is 34.6 Å². The summed E-state index contributed by atoms with van der Waals surface area (Å²) >= 11 is 1.86. The van der Waals surface area contributed by atoms with Crippen LogP contribution in [0, 0.1) is 3.57 Å². The van der Waals surface area contributed by atoms with Crippen molar-refractivity contribution < 1.29 is 13.2 Å². The molecule has 1 aromatic heterocycles. The van der Waals surface area contributed by atoms with Crippen LogP contribution in [-0.4, -0.2) is 4.98 Å². The van der Waals surface area contributed by atoms with Crippen molar-refractivity contribution in [2.45, 2.75) is 19.5 Å². The molecule has 1 aromatic rings. The predicted molar refractivity (Wildman–Crippen MR) is 51.3 cm³/mol. The van der Waals surface area contributed by atoms with Gasteiger partial charge in [-0.2, -0.15) is 13.2 Å². The number of rotatable bonds is 1. The first-order valence-electron chi connectivity index (χ1n) is 3.66. The molecule has 0 aromatic carbocycles. The first kappa shape index (κ1) is 10.7. The fourth-order valence-corrected chi connectivity index (χ4v) is 1.90. The molecule has 1 rings (SSSR count). The molecule has 0 fully saturated rings. The van der Waals surface area contributed by atoms with E-state index in [9.17, 15) is 13.2 Å². The van der Waals surface area contributed by atoms with Gasteiger partial charge in [0, 0.05) is 16.0 Å². The maximum absolute atomic E-state index is 12.4. The van der Waals surface area contributed by atoms with E-state index in [1.165, 1.54) is 6.20 Å². The van der Waals surface area contributed by atoms with Crippen molar-refractivity contribution >= 4 is 22.6 Å². The zero-order valence-corrected chi connectivity index (χ0v) is 8.98. The first-order valence-corrected chi connectivity index (χ1v) is 4.74. The van der Waals surface area contributed by atoms with Crippen molar-refractivity contribution in [1.82, 2.24) is 4.98 Å². The highest BCUT2D eigenvalue weighted by Gasteiger charge is 2.33. The monoisotopic (exact) mass is 301 g/mol. The number of pyridine rings is 1. The molecule has 0 N–H and O–H groups in total. The smallest absolute Gasteiger partial charge is 0.263 e. The Bertz CT molecular complexity index is 309. The Morgan fingerprint density at radius 2 is 2.00 bits per heavy atom. The Morgan fingerprint density at radius 3 is 2.38 bits per heavy atom. The van der Waals surface area contributed by atoms with E-state index in [0.717, 1.165) is 6.20 Å². The predicted octanol–water partition coefficient (Wildman–Crippen LogP) is 3.27. The molecule has 72 valence electrons. The van der Waals surface area contributed by atoms with Crippen LogP contribution in [0.2, 0.25) is 0 Å². The van der Waals surface area contributed by atoms with Crippen molar-refractivity contribution in [3.05, 3.63) is 27.1 Å². The van der Waals surface area contributed by atoms with E-state index in [0.29, 0.717) is 15.6 Å². The highest BCUT2D eigenvalue weighted by molar-refractivity contribution is 14.1. The average Bonchev–Trinajstić information content (AvgIpc) is 2.02. The first-order chi connectivity index (χ1) is 5.96. The van der Waals surface area contributed by atoms with Gasteiger partial charge in [0.2, 0.25) is 0 Å². The number of hydrogen-bond donors (Lipinski definition) is 0. The van der Waals surface area contributed by atoms with E-state index < -0.39 is 11.7 Å². The van der Waals surface area contributed by atoms with E-state index >= 15 is 0 Å². The van der Waals surface area contributed by atoms with Crippen LogP contribution in [0.3, 0.4) is 0 Å². The lowest BCUT2D eigenvalue weighted by molar-refractivity contribution is -0.138. The molecule has 5 heteroatoms. The molecule has 0 amide bonds. The van der Waals surface area contributed by atoms with Crippen LogP contribution >= 0.6 is 22.6 Å². The normalized spacial score (nSPS) is 11.8. The zero-order chi connectivity index (χ0) is 10.1. The molecule has 0 saturated heterocycles. The van der Waals surface area contributed by atoms with Crippen molar-refractivity contribution in [2.75, 3.05) is 0 Å². The third kappa shape index (κ3) is 2.32. The van der Waals surface area contributed by atoms with Crippen LogP contribution in [0.1, 0.15) is 18.1 Å². The lowest BCUT2D eigenvalue weighted by Crippen LogP contribution is -2.10. The summed E-state index contributed by atoms with van der Waals surface area (Å²) in [6.45, 7) is 1.70. The molecule has 0 radical (unpaired) electrons. The zero-order valence-electron chi connectivity index (χ0n) is 6.82. The van der Waals surface area contributed by atoms with E-state index in [1.807, 2.05) is 22.6 Å². The van der Waals surface area contributed by atoms with Gasteiger partial charge in [-0.3, -0.25) is 4.98 Å². The van der Waals surface area contributed by atoms with E-state index in [4.69, 9.17) is 0 Å². The van der Waals surface area contributed by atoms with E-state index in [-0.39, 0.29) is 0 Å². The van der Waals surface area contributed by atoms with E-state index in [2.05, 4.69) is 4.98 Å². The molecule has 13 heavy (non-hydrogen) atoms. The molecular formula is C8H7F3IN. The third-order valence-electron chi connectivity index (χ3n) is 1.66. The van der Waals surface area contributed by atoms with E-state index in [1.54, 1.807) is 6.92 Å². The van der Waals surface area contributed by atoms with Crippen molar-refractivity contribution in [3.63, 3.8) is 0 Å². The van der Waals surface area contributed by atoms with Crippen LogP contribution < -0.4 is 0 Å². The topological polar surface area (TPSA) is 12.9 Å². The fourth-order valence-electron chi connectivity index (χ4n) is 1.07. The lowest BCUT2D eigenvalue weighted by Gasteiger charge is -2.11. The molecule has 0 unspecified atom stereocenters. The molecule has 0 aliphatic rings. The minimum Gasteiger partial charge on any atom is -0.263 e. The van der Waals surface area contributed by atoms with Gasteiger partial charge in [0.05, 0.1) is 5.56 Å². The largest absolute Gasteiger partial charge is 0.418 e. The highest BCUT2D eigenvalue weighted by Crippen LogP contribution is 2.33. The highest BCUT2D eigenvalue weighted by atomic mass is 127. The SMILES string of the molecule is CCc1c(I)cncc1C(F)(F)F. The molecule has 0 aliphatic heterocycles. The number of hydrogen-bond acceptors (Lipinski definition) is 1. The van der Waals surface area contributed by atoms with Crippen LogP contribution in [0.5, 0.6) is 0 Å². The Hall–Kier alpha value is -0.330. The summed E-state index contributed by atoms with van der Waals surface area (Å²) in [6, 6.07) is 0. The molecule has 1 heterocycles. The minimum absolute atomic E-state index is 0.322. The van der Waals surface area contributed by atoms with Gasteiger partial charge in [-0.25, -0.2) is 0 Å². The summed E-state index contributed by atoms with van der Waals surface area (Å²) in [5.74, 6) is 0. The van der Waals surface area contributed by atoms with Gasteiger partial charge in [-0.15, -0.1) is 0 Å². The average molecular weight is 301 g/mol. The molecule has 0 atom stereocenters. The standard InChI is InChI=1S/C8H7F3IN/c1-2-5-6(8(9,10)11)3-13-4-7(5)12/h3-4H,2H2,1H3. The number of alkyl halides is 3. The van der Waals surface area contributed by atoms with Crippen LogP contribution in [-0.2, 0) is 12.6 Å². The Balaban J connectivity index is 3.29. The summed E-state index contributed by atoms with van der Waals surface area (Å²) in [7, 11) is 0. The molecular weight excluding hydrogens is 294 g/mol. The summed E-state index contributed by atoms with van der Waals surface area (Å²) in [6.07, 6.45) is -1.61. The van der Waals surface area contributed by atoms with Gasteiger partial charge < -0.3 is 0 Å². The maximum atomic E-state index is 12.4. The summed E-state index contributed by atoms with van der Waals surface area (Å²) in [4.78, 5) is 3.53. The van der Waals surface area contributed by atoms with Crippen molar-refractivity contribution in [3.8, 4) is 0 Å². The molecule has 0 aliphatic carbocycles. The van der Waals surface area contributed by atoms with Gasteiger partial charge in [-0.1, -0.05) is 6.92 Å². The van der Waals surface area contributed by atoms with Gasteiger partial charge in [0.25, 0.3) is 0 Å². The summed E-state index contributed by atoms with van der Waals surface area (Å²) < 4.78 is 37.7. The van der Waals surface area contributed by atoms with Gasteiger partial charge >= 0.3 is 6.18 Å². The molecule has 0 spiro atoms. The quantitative estimate of drug-likeness (QED) is 0.726. The van der Waals surface area contributed by atoms with Gasteiger partial charge in [0.1, 0.15) is 0 Å². The number of halogens is 4. The number of nitrogens with zero attached hydrogens (tertiary/aromatic N) is 1. The van der Waals surface area contributed by atoms with Crippen LogP contribution in [0.15, 0.2) is 12.4 Å². The maximum Gasteiger partial charge on any atom is 0.418 e. The second-order valence-corrected chi connectivity index (χ2v) is 3.66. The van der Waals surface area contributed by atoms with Crippen molar-refractivity contribution in [2.24, 2.45) is 0 Å². The molecule has 0 bridgehead atoms. The lowest BCUT2D eigenvalue weighted by atomic mass is 10.1. The fraction of sp³-hybridized carbons (Fsp3) is 0.375. The second kappa shape index (κ2) is 3.81. The Morgan fingerprint density at radius 1 is 1.38 bits per heavy atom. The summed E-state index contributed by atoms with van der Waals surface area (Å²) in [5.41, 5.74) is -0.301. The molecule has 1 nitrogen and oxygen atoms in total. The molecule has 0 saturated carbocycles.